The number of fused-ring (bicyclic) bond motifs is 1. The van der Waals surface area contributed by atoms with Gasteiger partial charge in [-0.1, -0.05) is 49.7 Å². The lowest BCUT2D eigenvalue weighted by molar-refractivity contribution is 0.0589. The molecular formula is C39H41F2IN2O6. The van der Waals surface area contributed by atoms with Crippen molar-refractivity contribution < 1.29 is 37.4 Å². The van der Waals surface area contributed by atoms with Gasteiger partial charge in [-0.15, -0.1) is 6.42 Å². The molecule has 0 amide bonds. The van der Waals surface area contributed by atoms with Crippen LogP contribution in [0.1, 0.15) is 44.8 Å². The van der Waals surface area contributed by atoms with Crippen molar-refractivity contribution in [3.05, 3.63) is 122 Å². The van der Waals surface area contributed by atoms with Crippen molar-refractivity contribution in [2.75, 3.05) is 42.4 Å². The van der Waals surface area contributed by atoms with Gasteiger partial charge in [0, 0.05) is 29.6 Å². The molecule has 11 heteroatoms. The van der Waals surface area contributed by atoms with Crippen LogP contribution in [0.25, 0.3) is 22.3 Å². The summed E-state index contributed by atoms with van der Waals surface area (Å²) in [4.78, 5) is 27.0. The van der Waals surface area contributed by atoms with Crippen molar-refractivity contribution >= 4 is 45.5 Å². The second-order valence-corrected chi connectivity index (χ2v) is 12.4. The van der Waals surface area contributed by atoms with Crippen molar-refractivity contribution in [1.82, 2.24) is 9.80 Å². The molecular weight excluding hydrogens is 757 g/mol. The highest BCUT2D eigenvalue weighted by Gasteiger charge is 2.18. The zero-order valence-corrected chi connectivity index (χ0v) is 30.2. The number of hydrogen-bond acceptors (Lipinski definition) is 8. The normalized spacial score (nSPS) is 10.3. The first kappa shape index (κ1) is 41.4. The van der Waals surface area contributed by atoms with E-state index in [1.807, 2.05) is 50.5 Å². The smallest absolute Gasteiger partial charge is 0.341 e. The molecule has 0 radical (unpaired) electrons. The number of phenols is 1. The fourth-order valence-electron chi connectivity index (χ4n) is 4.56. The van der Waals surface area contributed by atoms with Crippen LogP contribution in [0.3, 0.4) is 0 Å². The van der Waals surface area contributed by atoms with Crippen LogP contribution in [0.2, 0.25) is 0 Å². The second kappa shape index (κ2) is 19.4. The Hall–Kier alpha value is -4.77. The summed E-state index contributed by atoms with van der Waals surface area (Å²) in [6.07, 6.45) is 5.24. The number of nitrogens with zero attached hydrogens (tertiary/aromatic N) is 2. The molecule has 0 fully saturated rings. The molecule has 0 atom stereocenters. The maximum absolute atomic E-state index is 13.7. The van der Waals surface area contributed by atoms with Gasteiger partial charge < -0.3 is 28.8 Å². The maximum atomic E-state index is 13.7. The fourth-order valence-corrected chi connectivity index (χ4v) is 5.15. The summed E-state index contributed by atoms with van der Waals surface area (Å²) in [6.45, 7) is 1.81. The molecule has 1 aromatic heterocycles. The van der Waals surface area contributed by atoms with E-state index >= 15 is 0 Å². The Balaban J connectivity index is 0.000000283. The van der Waals surface area contributed by atoms with Gasteiger partial charge in [0.25, 0.3) is 0 Å². The number of aromatic hydroxyl groups is 1. The second-order valence-electron chi connectivity index (χ2n) is 11.3. The van der Waals surface area contributed by atoms with Gasteiger partial charge in [0.05, 0.1) is 17.8 Å². The number of esters is 2. The molecule has 1 N–H and O–H groups in total. The van der Waals surface area contributed by atoms with E-state index in [2.05, 4.69) is 46.7 Å². The molecule has 0 bridgehead atoms. The lowest BCUT2D eigenvalue weighted by Gasteiger charge is -2.09. The first-order valence-electron chi connectivity index (χ1n) is 14.8. The first-order valence-corrected chi connectivity index (χ1v) is 15.9. The first-order chi connectivity index (χ1) is 23.3. The molecule has 0 unspecified atom stereocenters. The quantitative estimate of drug-likeness (QED) is 0.0999. The number of methoxy groups -OCH3 is 2. The molecule has 0 aliphatic carbocycles. The Morgan fingerprint density at radius 2 is 1.28 bits per heavy atom. The van der Waals surface area contributed by atoms with Gasteiger partial charge in [0.2, 0.25) is 0 Å². The zero-order valence-electron chi connectivity index (χ0n) is 28.0. The molecule has 0 aliphatic heterocycles. The molecule has 8 nitrogen and oxygen atoms in total. The predicted molar refractivity (Wildman–Crippen MR) is 201 cm³/mol. The third-order valence-electron chi connectivity index (χ3n) is 6.78. The predicted octanol–water partition coefficient (Wildman–Crippen LogP) is 8.38. The number of furan rings is 1. The van der Waals surface area contributed by atoms with Gasteiger partial charge in [-0.25, -0.2) is 18.4 Å². The Bertz CT molecular complexity index is 1930. The number of hydrogen-bond donors (Lipinski definition) is 1. The van der Waals surface area contributed by atoms with E-state index in [1.165, 1.54) is 31.4 Å². The average Bonchev–Trinajstić information content (AvgIpc) is 3.50. The maximum Gasteiger partial charge on any atom is 0.341 e. The molecule has 5 rings (SSSR count). The van der Waals surface area contributed by atoms with Crippen molar-refractivity contribution in [1.29, 1.82) is 0 Å². The van der Waals surface area contributed by atoms with Crippen molar-refractivity contribution in [2.24, 2.45) is 0 Å². The van der Waals surface area contributed by atoms with Crippen LogP contribution < -0.4 is 0 Å². The summed E-state index contributed by atoms with van der Waals surface area (Å²) in [5, 5.41) is 9.88. The zero-order chi connectivity index (χ0) is 36.2. The molecule has 0 saturated carbocycles. The minimum atomic E-state index is -0.755. The highest BCUT2D eigenvalue weighted by molar-refractivity contribution is 14.1. The van der Waals surface area contributed by atoms with E-state index in [0.717, 1.165) is 42.4 Å². The fraction of sp³-hybridized carbons (Fsp3) is 0.231. The Morgan fingerprint density at radius 3 is 1.78 bits per heavy atom. The number of phenolic OH excluding ortho intramolecular Hbond substituents is 1. The molecule has 0 spiro atoms. The number of carbonyl (C=O) groups is 2. The van der Waals surface area contributed by atoms with Crippen molar-refractivity contribution in [3.63, 3.8) is 0 Å². The van der Waals surface area contributed by atoms with E-state index in [1.54, 1.807) is 28.7 Å². The third kappa shape index (κ3) is 11.7. The number of terminal acetylenes is 1. The van der Waals surface area contributed by atoms with Gasteiger partial charge >= 0.3 is 11.9 Å². The lowest BCUT2D eigenvalue weighted by Crippen LogP contribution is -2.10. The summed E-state index contributed by atoms with van der Waals surface area (Å²) < 4.78 is 41.6. The van der Waals surface area contributed by atoms with E-state index in [-0.39, 0.29) is 27.9 Å². The number of rotatable bonds is 7. The summed E-state index contributed by atoms with van der Waals surface area (Å²) in [5.41, 5.74) is 4.54. The highest BCUT2D eigenvalue weighted by Crippen LogP contribution is 2.31. The average molecular weight is 799 g/mol. The number of carbonyl (C=O) groups excluding carboxylic acids is 2. The van der Waals surface area contributed by atoms with Crippen molar-refractivity contribution in [3.8, 4) is 29.4 Å². The van der Waals surface area contributed by atoms with E-state index in [9.17, 15) is 23.5 Å². The van der Waals surface area contributed by atoms with E-state index < -0.39 is 23.6 Å². The van der Waals surface area contributed by atoms with E-state index in [4.69, 9.17) is 15.6 Å². The largest absolute Gasteiger partial charge is 0.506 e. The van der Waals surface area contributed by atoms with Gasteiger partial charge in [0.15, 0.2) is 0 Å². The molecule has 0 aliphatic rings. The summed E-state index contributed by atoms with van der Waals surface area (Å²) in [7, 11) is 10.5. The molecule has 264 valence electrons. The Morgan fingerprint density at radius 1 is 0.800 bits per heavy atom. The van der Waals surface area contributed by atoms with Crippen LogP contribution in [0.4, 0.5) is 8.78 Å². The molecule has 4 aromatic carbocycles. The van der Waals surface area contributed by atoms with Gasteiger partial charge in [-0.05, 0) is 104 Å². The van der Waals surface area contributed by atoms with Gasteiger partial charge in [0.1, 0.15) is 39.9 Å². The van der Waals surface area contributed by atoms with Crippen LogP contribution in [-0.4, -0.2) is 69.3 Å². The SMILES string of the molecule is C.C#Cc1ccc(CN(C)C)cc1.COC(=O)c1cc(F)cc(I)c1O.COC(=O)c1cc(F)cc2cc(-c3ccc(CN(C)C)cc3)oc12. The van der Waals surface area contributed by atoms with Gasteiger partial charge in [-0.3, -0.25) is 0 Å². The minimum Gasteiger partial charge on any atom is -0.506 e. The summed E-state index contributed by atoms with van der Waals surface area (Å²) in [6, 6.07) is 22.3. The molecule has 1 heterocycles. The lowest BCUT2D eigenvalue weighted by atomic mass is 10.1. The number of halogens is 3. The summed E-state index contributed by atoms with van der Waals surface area (Å²) >= 11 is 1.73. The molecule has 0 saturated heterocycles. The number of ether oxygens (including phenoxy) is 2. The standard InChI is InChI=1S/C19H18FNO3.C11H13N.C8H6FIO3.CH4/c1-21(2)11-12-4-6-13(7-5-12)17-9-14-8-15(20)10-16(18(14)24-17)19(22)23-3;1-4-10-5-7-11(8-6-10)9-12(2)3;1-13-8(12)5-2-4(9)3-6(10)7(5)11;/h4-10H,11H2,1-3H3;1,5-8H,9H2,2-3H3;2-3,11H,1H3;1H4. The van der Waals surface area contributed by atoms with E-state index in [0.29, 0.717) is 16.7 Å². The van der Waals surface area contributed by atoms with Crippen LogP contribution >= 0.6 is 22.6 Å². The van der Waals surface area contributed by atoms with Crippen LogP contribution in [0.15, 0.2) is 83.3 Å². The Labute approximate surface area is 305 Å². The number of benzene rings is 4. The van der Waals surface area contributed by atoms with Crippen molar-refractivity contribution in [2.45, 2.75) is 20.5 Å². The molecule has 50 heavy (non-hydrogen) atoms. The third-order valence-corrected chi connectivity index (χ3v) is 7.60. The molecule has 5 aromatic rings. The Kier molecular flexibility index (Phi) is 16.1. The summed E-state index contributed by atoms with van der Waals surface area (Å²) in [5.74, 6) is 0.457. The van der Waals surface area contributed by atoms with Gasteiger partial charge in [-0.2, -0.15) is 0 Å². The topological polar surface area (TPSA) is 92.4 Å². The monoisotopic (exact) mass is 798 g/mol. The van der Waals surface area contributed by atoms with Crippen LogP contribution in [-0.2, 0) is 22.6 Å². The van der Waals surface area contributed by atoms with Crippen LogP contribution in [0.5, 0.6) is 5.75 Å². The van der Waals surface area contributed by atoms with Crippen LogP contribution in [0, 0.1) is 27.5 Å². The highest BCUT2D eigenvalue weighted by atomic mass is 127. The minimum absolute atomic E-state index is 0.